The first kappa shape index (κ1) is 16.0. The zero-order valence-electron chi connectivity index (χ0n) is 13.8. The summed E-state index contributed by atoms with van der Waals surface area (Å²) in [6.07, 6.45) is 0.555. The molecule has 2 aliphatic heterocycles. The minimum atomic E-state index is -0.945. The fourth-order valence-corrected chi connectivity index (χ4v) is 3.80. The molecule has 5 heteroatoms. The number of benzene rings is 1. The molecule has 1 unspecified atom stereocenters. The van der Waals surface area contributed by atoms with Crippen molar-refractivity contribution < 1.29 is 19.4 Å². The lowest BCUT2D eigenvalue weighted by molar-refractivity contribution is -0.158. The Labute approximate surface area is 136 Å². The van der Waals surface area contributed by atoms with Crippen LogP contribution in [0.15, 0.2) is 24.3 Å². The third-order valence-corrected chi connectivity index (χ3v) is 5.17. The Morgan fingerprint density at radius 3 is 2.30 bits per heavy atom. The number of carboxylic acid groups (broad SMARTS) is 1. The Morgan fingerprint density at radius 2 is 1.78 bits per heavy atom. The standard InChI is InChI=1S/C18H23NO4/c1-11(2)13-6-4-5-7-14(13)12(3)19-15(20)18-8-17(9-18,10-23-18)16(21)22/h4-7,11-12H,8-10H2,1-3H3,(H,19,20)(H,21,22). The number of carboxylic acids is 1. The van der Waals surface area contributed by atoms with E-state index in [9.17, 15) is 14.7 Å². The van der Waals surface area contributed by atoms with Crippen LogP contribution in [0.1, 0.15) is 56.7 Å². The third kappa shape index (κ3) is 2.43. The molecule has 2 N–H and O–H groups in total. The molecule has 0 spiro atoms. The van der Waals surface area contributed by atoms with Crippen molar-refractivity contribution in [2.75, 3.05) is 6.61 Å². The summed E-state index contributed by atoms with van der Waals surface area (Å²) in [4.78, 5) is 23.9. The highest BCUT2D eigenvalue weighted by atomic mass is 16.5. The van der Waals surface area contributed by atoms with Crippen LogP contribution in [0.4, 0.5) is 0 Å². The fraction of sp³-hybridized carbons (Fsp3) is 0.556. The zero-order valence-corrected chi connectivity index (χ0v) is 13.8. The van der Waals surface area contributed by atoms with Crippen LogP contribution in [0.3, 0.4) is 0 Å². The van der Waals surface area contributed by atoms with E-state index in [2.05, 4.69) is 25.2 Å². The van der Waals surface area contributed by atoms with Crippen LogP contribution in [-0.4, -0.2) is 29.2 Å². The van der Waals surface area contributed by atoms with Gasteiger partial charge in [-0.2, -0.15) is 0 Å². The highest BCUT2D eigenvalue weighted by Gasteiger charge is 2.70. The van der Waals surface area contributed by atoms with Crippen LogP contribution in [0.25, 0.3) is 0 Å². The van der Waals surface area contributed by atoms with Crippen LogP contribution >= 0.6 is 0 Å². The van der Waals surface area contributed by atoms with E-state index in [0.717, 1.165) is 5.56 Å². The molecule has 1 atom stereocenters. The van der Waals surface area contributed by atoms with E-state index in [1.54, 1.807) is 0 Å². The molecule has 23 heavy (non-hydrogen) atoms. The maximum absolute atomic E-state index is 12.6. The van der Waals surface area contributed by atoms with Gasteiger partial charge in [0, 0.05) is 12.8 Å². The van der Waals surface area contributed by atoms with Crippen LogP contribution in [0, 0.1) is 5.41 Å². The molecule has 3 aliphatic rings. The van der Waals surface area contributed by atoms with Gasteiger partial charge in [-0.1, -0.05) is 38.1 Å². The van der Waals surface area contributed by atoms with E-state index in [1.165, 1.54) is 5.56 Å². The molecule has 3 fully saturated rings. The number of rotatable bonds is 5. The van der Waals surface area contributed by atoms with Crippen molar-refractivity contribution in [2.24, 2.45) is 5.41 Å². The van der Waals surface area contributed by atoms with E-state index >= 15 is 0 Å². The Bertz CT molecular complexity index is 646. The minimum absolute atomic E-state index is 0.132. The van der Waals surface area contributed by atoms with Crippen LogP contribution in [0.2, 0.25) is 0 Å². The summed E-state index contributed by atoms with van der Waals surface area (Å²) < 4.78 is 5.56. The van der Waals surface area contributed by atoms with Crippen LogP contribution in [-0.2, 0) is 14.3 Å². The maximum atomic E-state index is 12.6. The molecule has 2 bridgehead atoms. The number of hydrogen-bond acceptors (Lipinski definition) is 3. The lowest BCUT2D eigenvalue weighted by atomic mass is 9.62. The molecular weight excluding hydrogens is 294 g/mol. The molecule has 4 rings (SSSR count). The summed E-state index contributed by atoms with van der Waals surface area (Å²) in [6, 6.07) is 7.92. The predicted octanol–water partition coefficient (Wildman–Crippen LogP) is 2.62. The molecule has 1 saturated carbocycles. The first-order valence-corrected chi connectivity index (χ1v) is 8.07. The van der Waals surface area contributed by atoms with Gasteiger partial charge in [0.25, 0.3) is 5.91 Å². The molecule has 1 aromatic carbocycles. The first-order valence-electron chi connectivity index (χ1n) is 8.07. The van der Waals surface area contributed by atoms with Gasteiger partial charge >= 0.3 is 5.97 Å². The molecule has 2 saturated heterocycles. The van der Waals surface area contributed by atoms with Crippen molar-refractivity contribution in [2.45, 2.75) is 51.2 Å². The molecular formula is C18H23NO4. The highest BCUT2D eigenvalue weighted by Crippen LogP contribution is 2.58. The van der Waals surface area contributed by atoms with E-state index in [-0.39, 0.29) is 31.4 Å². The first-order chi connectivity index (χ1) is 10.8. The Balaban J connectivity index is 1.72. The Hall–Kier alpha value is -1.88. The average molecular weight is 317 g/mol. The fourth-order valence-electron chi connectivity index (χ4n) is 3.80. The van der Waals surface area contributed by atoms with Gasteiger partial charge < -0.3 is 15.2 Å². The number of hydrogen-bond donors (Lipinski definition) is 2. The SMILES string of the molecule is CC(C)c1ccccc1C(C)NC(=O)C12CC(C(=O)O)(CO1)C2. The van der Waals surface area contributed by atoms with Gasteiger partial charge in [0.1, 0.15) is 5.60 Å². The second-order valence-corrected chi connectivity index (χ2v) is 7.20. The molecule has 1 aliphatic carbocycles. The number of fused-ring (bicyclic) bond motifs is 1. The quantitative estimate of drug-likeness (QED) is 0.875. The van der Waals surface area contributed by atoms with Crippen molar-refractivity contribution in [1.29, 1.82) is 0 Å². The van der Waals surface area contributed by atoms with E-state index in [1.807, 2.05) is 25.1 Å². The van der Waals surface area contributed by atoms with Gasteiger partial charge in [0.15, 0.2) is 0 Å². The van der Waals surface area contributed by atoms with Crippen LogP contribution in [0.5, 0.6) is 0 Å². The molecule has 0 radical (unpaired) electrons. The van der Waals surface area contributed by atoms with Crippen LogP contribution < -0.4 is 5.32 Å². The summed E-state index contributed by atoms with van der Waals surface area (Å²) in [5.41, 5.74) is 0.503. The number of carbonyl (C=O) groups is 2. The van der Waals surface area contributed by atoms with Gasteiger partial charge in [0.05, 0.1) is 18.1 Å². The van der Waals surface area contributed by atoms with Gasteiger partial charge in [0.2, 0.25) is 0 Å². The molecule has 1 aromatic rings. The molecule has 1 amide bonds. The number of amides is 1. The normalized spacial score (nSPS) is 29.9. The van der Waals surface area contributed by atoms with Crippen molar-refractivity contribution in [3.8, 4) is 0 Å². The summed E-state index contributed by atoms with van der Waals surface area (Å²) >= 11 is 0. The summed E-state index contributed by atoms with van der Waals surface area (Å²) in [7, 11) is 0. The number of nitrogens with one attached hydrogen (secondary N) is 1. The van der Waals surface area contributed by atoms with Gasteiger partial charge in [-0.05, 0) is 24.0 Å². The minimum Gasteiger partial charge on any atom is -0.481 e. The number of carbonyl (C=O) groups excluding carboxylic acids is 1. The van der Waals surface area contributed by atoms with E-state index < -0.39 is 17.0 Å². The lowest BCUT2D eigenvalue weighted by Gasteiger charge is -2.40. The molecule has 5 nitrogen and oxygen atoms in total. The monoisotopic (exact) mass is 317 g/mol. The van der Waals surface area contributed by atoms with Crippen molar-refractivity contribution >= 4 is 11.9 Å². The summed E-state index contributed by atoms with van der Waals surface area (Å²) in [5, 5.41) is 12.3. The largest absolute Gasteiger partial charge is 0.481 e. The lowest BCUT2D eigenvalue weighted by Crippen LogP contribution is -2.57. The Morgan fingerprint density at radius 1 is 1.17 bits per heavy atom. The number of aliphatic carboxylic acids is 1. The molecule has 124 valence electrons. The van der Waals surface area contributed by atoms with Crippen molar-refractivity contribution in [3.05, 3.63) is 35.4 Å². The second-order valence-electron chi connectivity index (χ2n) is 7.20. The second kappa shape index (κ2) is 5.34. The van der Waals surface area contributed by atoms with E-state index in [0.29, 0.717) is 5.92 Å². The van der Waals surface area contributed by atoms with Gasteiger partial charge in [-0.3, -0.25) is 9.59 Å². The van der Waals surface area contributed by atoms with Crippen molar-refractivity contribution in [3.63, 3.8) is 0 Å². The van der Waals surface area contributed by atoms with Crippen molar-refractivity contribution in [1.82, 2.24) is 5.32 Å². The third-order valence-electron chi connectivity index (χ3n) is 5.17. The summed E-state index contributed by atoms with van der Waals surface area (Å²) in [5.74, 6) is -0.690. The average Bonchev–Trinajstić information content (AvgIpc) is 3.04. The maximum Gasteiger partial charge on any atom is 0.312 e. The highest BCUT2D eigenvalue weighted by molar-refractivity contribution is 5.92. The van der Waals surface area contributed by atoms with Gasteiger partial charge in [-0.15, -0.1) is 0 Å². The molecule has 2 heterocycles. The zero-order chi connectivity index (χ0) is 16.8. The Kier molecular flexibility index (Phi) is 3.71. The predicted molar refractivity (Wildman–Crippen MR) is 85.1 cm³/mol. The van der Waals surface area contributed by atoms with Gasteiger partial charge in [-0.25, -0.2) is 0 Å². The number of ether oxygens (including phenoxy) is 1. The summed E-state index contributed by atoms with van der Waals surface area (Å²) in [6.45, 7) is 6.33. The van der Waals surface area contributed by atoms with E-state index in [4.69, 9.17) is 4.74 Å². The smallest absolute Gasteiger partial charge is 0.312 e. The topological polar surface area (TPSA) is 75.6 Å². The molecule has 0 aromatic heterocycles.